The van der Waals surface area contributed by atoms with E-state index in [1.165, 1.54) is 0 Å². The van der Waals surface area contributed by atoms with Gasteiger partial charge in [-0.25, -0.2) is 8.78 Å². The highest BCUT2D eigenvalue weighted by molar-refractivity contribution is 7.79. The van der Waals surface area contributed by atoms with Gasteiger partial charge in [0.2, 0.25) is 0 Å². The topological polar surface area (TPSA) is 111 Å². The maximum atomic E-state index is 17.0. The van der Waals surface area contributed by atoms with E-state index in [9.17, 15) is 4.39 Å². The molecule has 8 heterocycles. The zero-order chi connectivity index (χ0) is 31.4. The van der Waals surface area contributed by atoms with Crippen molar-refractivity contribution < 1.29 is 27.7 Å². The lowest BCUT2D eigenvalue weighted by molar-refractivity contribution is 0.0457. The first kappa shape index (κ1) is 29.9. The highest BCUT2D eigenvalue weighted by atomic mass is 35.5. The number of ether oxygens (including phenoxy) is 4. The van der Waals surface area contributed by atoms with Crippen LogP contribution in [-0.4, -0.2) is 106 Å². The van der Waals surface area contributed by atoms with Crippen LogP contribution in [0.3, 0.4) is 0 Å². The van der Waals surface area contributed by atoms with E-state index in [0.29, 0.717) is 83.8 Å². The minimum absolute atomic E-state index is 0.00413. The number of nitrogens with one attached hydrogen (secondary N) is 1. The first-order chi connectivity index (χ1) is 22.4. The molecule has 0 aliphatic carbocycles. The minimum atomic E-state index is -0.911. The fraction of sp³-hybridized carbons (Fsp3) is 0.516. The number of aromatic nitrogens is 5. The van der Waals surface area contributed by atoms with Gasteiger partial charge in [0.25, 0.3) is 0 Å². The third-order valence-electron chi connectivity index (χ3n) is 9.50. The van der Waals surface area contributed by atoms with Crippen LogP contribution < -0.4 is 9.64 Å². The highest BCUT2D eigenvalue weighted by Gasteiger charge is 2.49. The van der Waals surface area contributed by atoms with E-state index in [-0.39, 0.29) is 42.3 Å². The lowest BCUT2D eigenvalue weighted by atomic mass is 9.95. The number of rotatable bonds is 3. The summed E-state index contributed by atoms with van der Waals surface area (Å²) >= 11 is 12.2. The van der Waals surface area contributed by atoms with E-state index in [4.69, 9.17) is 47.8 Å². The van der Waals surface area contributed by atoms with Gasteiger partial charge in [0.05, 0.1) is 49.0 Å². The Bertz CT molecular complexity index is 1830. The predicted octanol–water partition coefficient (Wildman–Crippen LogP) is 4.79. The van der Waals surface area contributed by atoms with Gasteiger partial charge in [0.1, 0.15) is 35.9 Å². The summed E-state index contributed by atoms with van der Waals surface area (Å²) in [6.07, 6.45) is 5.01. The normalized spacial score (nSPS) is 25.5. The summed E-state index contributed by atoms with van der Waals surface area (Å²) in [6, 6.07) is 1.78. The number of fused-ring (bicyclic) bond motifs is 8. The molecule has 3 saturated heterocycles. The maximum Gasteiger partial charge on any atom is 0.352 e. The smallest absolute Gasteiger partial charge is 0.352 e. The molecule has 9 rings (SSSR count). The lowest BCUT2D eigenvalue weighted by Gasteiger charge is -2.31. The fourth-order valence-electron chi connectivity index (χ4n) is 7.38. The lowest BCUT2D eigenvalue weighted by Crippen LogP contribution is -2.43. The van der Waals surface area contributed by atoms with Gasteiger partial charge in [0.15, 0.2) is 5.82 Å². The number of aromatic amines is 1. The zero-order valence-corrected chi connectivity index (χ0v) is 26.5. The number of benzene rings is 1. The van der Waals surface area contributed by atoms with Crippen LogP contribution >= 0.6 is 23.8 Å². The van der Waals surface area contributed by atoms with Crippen LogP contribution in [-0.2, 0) is 20.6 Å². The third-order valence-corrected chi connectivity index (χ3v) is 10.0. The molecule has 3 fully saturated rings. The average molecular weight is 672 g/mol. The van der Waals surface area contributed by atoms with Gasteiger partial charge in [0, 0.05) is 53.9 Å². The number of pyridine rings is 1. The summed E-state index contributed by atoms with van der Waals surface area (Å²) in [7, 11) is 0. The molecule has 11 nitrogen and oxygen atoms in total. The van der Waals surface area contributed by atoms with E-state index in [1.54, 1.807) is 18.5 Å². The Balaban J connectivity index is 1.30. The standard InChI is InChI=1S/C31H32ClF2N7O4S/c32-22-9-23-20(12-36-39-23)24-19(22)3-1-7-43-30(46)45-18-14-40(6-8-42-15-18)28-21-11-35-27(24)25(34)26(21)37-29(38-28)44-16-31-4-2-5-41(31)13-17(33)10-31/h9,11-12,17-18H,1-8,10,13-16H2,(H,36,39)/t17-,18+,31+/m1/s1. The monoisotopic (exact) mass is 671 g/mol. The minimum Gasteiger partial charge on any atom is -0.461 e. The van der Waals surface area contributed by atoms with Gasteiger partial charge in [-0.1, -0.05) is 11.6 Å². The number of anilines is 1. The SMILES string of the molecule is Fc1c2ncc3c(nc(OC[C@@]45CCCN4C[C@H](F)C5)nc13)N1CCOC[C@H](C1)OC(=S)OCCCc1c(Cl)cc3[nH]ncc3c1-2. The van der Waals surface area contributed by atoms with Crippen molar-refractivity contribution in [2.45, 2.75) is 49.9 Å². The quantitative estimate of drug-likeness (QED) is 0.304. The Morgan fingerprint density at radius 3 is 2.98 bits per heavy atom. The van der Waals surface area contributed by atoms with Crippen molar-refractivity contribution in [2.75, 3.05) is 57.5 Å². The molecule has 0 spiro atoms. The molecule has 1 N–H and O–H groups in total. The van der Waals surface area contributed by atoms with Crippen molar-refractivity contribution in [3.05, 3.63) is 34.9 Å². The van der Waals surface area contributed by atoms with Gasteiger partial charge in [-0.15, -0.1) is 0 Å². The Kier molecular flexibility index (Phi) is 7.78. The average Bonchev–Trinajstić information content (AvgIpc) is 3.68. The van der Waals surface area contributed by atoms with Gasteiger partial charge in [-0.2, -0.15) is 15.1 Å². The molecule has 46 heavy (non-hydrogen) atoms. The molecule has 3 aromatic heterocycles. The molecule has 6 bridgehead atoms. The Morgan fingerprint density at radius 2 is 2.07 bits per heavy atom. The van der Waals surface area contributed by atoms with Crippen molar-refractivity contribution in [1.82, 2.24) is 30.0 Å². The molecule has 5 aliphatic rings. The first-order valence-electron chi connectivity index (χ1n) is 15.6. The van der Waals surface area contributed by atoms with Crippen LogP contribution in [0.2, 0.25) is 5.02 Å². The molecule has 15 heteroatoms. The van der Waals surface area contributed by atoms with Crippen LogP contribution in [0.4, 0.5) is 14.6 Å². The van der Waals surface area contributed by atoms with E-state index < -0.39 is 23.6 Å². The molecule has 0 radical (unpaired) electrons. The molecule has 0 saturated carbocycles. The van der Waals surface area contributed by atoms with Gasteiger partial charge < -0.3 is 23.8 Å². The number of halogens is 3. The summed E-state index contributed by atoms with van der Waals surface area (Å²) in [4.78, 5) is 18.2. The van der Waals surface area contributed by atoms with Crippen LogP contribution in [0.15, 0.2) is 18.5 Å². The largest absolute Gasteiger partial charge is 0.461 e. The second-order valence-electron chi connectivity index (χ2n) is 12.4. The van der Waals surface area contributed by atoms with Gasteiger partial charge in [-0.05, 0) is 43.9 Å². The van der Waals surface area contributed by atoms with Crippen molar-refractivity contribution in [3.63, 3.8) is 0 Å². The Hall–Kier alpha value is -3.46. The molecule has 242 valence electrons. The summed E-state index contributed by atoms with van der Waals surface area (Å²) in [6.45, 7) is 3.14. The molecule has 5 aliphatic heterocycles. The summed E-state index contributed by atoms with van der Waals surface area (Å²) in [5.41, 5.74) is 1.58. The van der Waals surface area contributed by atoms with Crippen molar-refractivity contribution in [1.29, 1.82) is 0 Å². The summed E-state index contributed by atoms with van der Waals surface area (Å²) < 4.78 is 55.4. The van der Waals surface area contributed by atoms with E-state index in [0.717, 1.165) is 19.4 Å². The maximum absolute atomic E-state index is 17.0. The summed E-state index contributed by atoms with van der Waals surface area (Å²) in [5.74, 6) is -0.211. The number of hydrogen-bond donors (Lipinski definition) is 1. The molecular formula is C31H32ClF2N7O4S. The molecular weight excluding hydrogens is 640 g/mol. The van der Waals surface area contributed by atoms with Crippen LogP contribution in [0, 0.1) is 5.82 Å². The molecule has 3 atom stereocenters. The predicted molar refractivity (Wildman–Crippen MR) is 171 cm³/mol. The van der Waals surface area contributed by atoms with Crippen LogP contribution in [0.5, 0.6) is 6.01 Å². The van der Waals surface area contributed by atoms with Crippen molar-refractivity contribution in [3.8, 4) is 17.3 Å². The van der Waals surface area contributed by atoms with Gasteiger partial charge >= 0.3 is 11.2 Å². The van der Waals surface area contributed by atoms with Crippen molar-refractivity contribution in [2.24, 2.45) is 0 Å². The second kappa shape index (κ2) is 12.0. The number of H-pyrrole nitrogens is 1. The van der Waals surface area contributed by atoms with Crippen LogP contribution in [0.25, 0.3) is 33.1 Å². The number of nitrogens with zero attached hydrogens (tertiary/aromatic N) is 6. The number of hydrogen-bond acceptors (Lipinski definition) is 11. The first-order valence-corrected chi connectivity index (χ1v) is 16.4. The molecule has 0 unspecified atom stereocenters. The molecule has 1 aromatic carbocycles. The second-order valence-corrected chi connectivity index (χ2v) is 13.1. The van der Waals surface area contributed by atoms with Crippen molar-refractivity contribution >= 4 is 56.7 Å². The molecule has 0 amide bonds. The van der Waals surface area contributed by atoms with Crippen LogP contribution in [0.1, 0.15) is 31.2 Å². The number of alkyl halides is 1. The zero-order valence-electron chi connectivity index (χ0n) is 24.9. The number of thiocarbonyl (C=S) groups is 1. The Labute approximate surface area is 273 Å². The van der Waals surface area contributed by atoms with Gasteiger partial charge in [-0.3, -0.25) is 15.0 Å². The third kappa shape index (κ3) is 5.28. The van der Waals surface area contributed by atoms with E-state index in [1.807, 2.05) is 4.90 Å². The highest BCUT2D eigenvalue weighted by Crippen LogP contribution is 2.42. The summed E-state index contributed by atoms with van der Waals surface area (Å²) in [5, 5.41) is 8.67. The van der Waals surface area contributed by atoms with E-state index in [2.05, 4.69) is 25.1 Å². The van der Waals surface area contributed by atoms with E-state index >= 15 is 4.39 Å². The molecule has 4 aromatic rings. The fourth-order valence-corrected chi connectivity index (χ4v) is 7.90. The Morgan fingerprint density at radius 1 is 1.15 bits per heavy atom.